The number of hydrogen-bond donors (Lipinski definition) is 4. The van der Waals surface area contributed by atoms with Crippen LogP contribution in [-0.4, -0.2) is 32.0 Å². The minimum absolute atomic E-state index is 0. The zero-order chi connectivity index (χ0) is 40.7. The number of Topliss-reactive ketones (excluding diaryl/α,β-unsaturated/α-hetero) is 1. The quantitative estimate of drug-likeness (QED) is 0.120. The van der Waals surface area contributed by atoms with Crippen molar-refractivity contribution in [2.45, 2.75) is 128 Å². The molecule has 0 heterocycles. The third-order valence-electron chi connectivity index (χ3n) is 13.1. The number of carbonyl (C=O) groups excluding carboxylic acids is 2. The third kappa shape index (κ3) is 14.1. The summed E-state index contributed by atoms with van der Waals surface area (Å²) in [4.78, 5) is 23.0. The summed E-state index contributed by atoms with van der Waals surface area (Å²) in [5.41, 5.74) is 6.21. The van der Waals surface area contributed by atoms with E-state index in [0.29, 0.717) is 40.2 Å². The van der Waals surface area contributed by atoms with E-state index in [0.717, 1.165) is 29.4 Å². The average molecular weight is 897 g/mol. The summed E-state index contributed by atoms with van der Waals surface area (Å²) in [5, 5.41) is 37.4. The van der Waals surface area contributed by atoms with E-state index in [4.69, 9.17) is 10.2 Å². The molecular weight excluding hydrogens is 832 g/mol. The number of phenols is 4. The second kappa shape index (κ2) is 25.2. The molecule has 0 bridgehead atoms. The number of carbonyl (C=O) groups is 2. The zero-order valence-corrected chi connectivity index (χ0v) is 37.2. The van der Waals surface area contributed by atoms with Crippen molar-refractivity contribution in [1.29, 1.82) is 0 Å². The van der Waals surface area contributed by atoms with Gasteiger partial charge in [0, 0.05) is 57.6 Å². The maximum absolute atomic E-state index is 11.9. The Kier molecular flexibility index (Phi) is 20.5. The molecule has 6 aliphatic carbocycles. The number of phenolic OH excluding ortho intramolecular Hbond substituents is 4. The van der Waals surface area contributed by atoms with Crippen LogP contribution in [0.2, 0.25) is 0 Å². The number of allylic oxidation sites excluding steroid dienone is 1. The largest absolute Gasteiger partial charge is 0.508 e. The first-order valence-corrected chi connectivity index (χ1v) is 22.2. The van der Waals surface area contributed by atoms with Gasteiger partial charge in [0.05, 0.1) is 0 Å². The van der Waals surface area contributed by atoms with E-state index in [9.17, 15) is 19.8 Å². The summed E-state index contributed by atoms with van der Waals surface area (Å²) in [6, 6.07) is 27.2. The van der Waals surface area contributed by atoms with Crippen molar-refractivity contribution < 1.29 is 64.2 Å². The monoisotopic (exact) mass is 896 g/mol. The van der Waals surface area contributed by atoms with E-state index < -0.39 is 0 Å². The fraction of sp³-hybridized carbons (Fsp3) is 0.462. The van der Waals surface area contributed by atoms with Gasteiger partial charge in [-0.2, -0.15) is 0 Å². The summed E-state index contributed by atoms with van der Waals surface area (Å²) < 4.78 is 0. The number of fused-ring (bicyclic) bond motifs is 2. The van der Waals surface area contributed by atoms with Crippen LogP contribution in [0.25, 0.3) is 5.57 Å². The Morgan fingerprint density at radius 3 is 1.07 bits per heavy atom. The number of ketones is 2. The molecule has 10 rings (SSSR count). The average Bonchev–Trinajstić information content (AvgIpc) is 4.10. The van der Waals surface area contributed by atoms with Crippen LogP contribution in [0.1, 0.15) is 155 Å². The Labute approximate surface area is 379 Å². The van der Waals surface area contributed by atoms with E-state index in [2.05, 4.69) is 0 Å². The van der Waals surface area contributed by atoms with Crippen molar-refractivity contribution in [2.24, 2.45) is 23.7 Å². The Bertz CT molecular complexity index is 1790. The van der Waals surface area contributed by atoms with E-state index in [1.165, 1.54) is 152 Å². The number of hydrogen-bond acceptors (Lipinski definition) is 6. The van der Waals surface area contributed by atoms with Crippen molar-refractivity contribution >= 4 is 17.1 Å². The fourth-order valence-corrected chi connectivity index (χ4v) is 9.95. The van der Waals surface area contributed by atoms with Crippen molar-refractivity contribution in [2.75, 3.05) is 0 Å². The van der Waals surface area contributed by atoms with E-state index in [-0.39, 0.29) is 51.4 Å². The molecule has 6 aliphatic rings. The van der Waals surface area contributed by atoms with Crippen molar-refractivity contribution in [3.8, 4) is 23.0 Å². The summed E-state index contributed by atoms with van der Waals surface area (Å²) in [6.07, 6.45) is 27.4. The maximum atomic E-state index is 11.9. The van der Waals surface area contributed by atoms with Crippen LogP contribution in [0, 0.1) is 23.7 Å². The topological polar surface area (TPSA) is 115 Å². The number of aromatic hydroxyl groups is 4. The van der Waals surface area contributed by atoms with Crippen LogP contribution >= 0.6 is 0 Å². The first-order valence-electron chi connectivity index (χ1n) is 22.2. The Hall–Kier alpha value is -3.80. The van der Waals surface area contributed by atoms with Gasteiger partial charge in [-0.25, -0.2) is 0 Å². The first kappa shape index (κ1) is 48.9. The number of benzene rings is 4. The maximum Gasteiger partial charge on any atom is 0.193 e. The summed E-state index contributed by atoms with van der Waals surface area (Å²) in [6.45, 7) is 0. The molecule has 0 amide bonds. The van der Waals surface area contributed by atoms with Crippen LogP contribution in [0.5, 0.6) is 23.0 Å². The van der Waals surface area contributed by atoms with Crippen LogP contribution < -0.4 is 0 Å². The van der Waals surface area contributed by atoms with E-state index in [1.54, 1.807) is 54.1 Å². The smallest absolute Gasteiger partial charge is 0.193 e. The summed E-state index contributed by atoms with van der Waals surface area (Å²) in [7, 11) is 0. The minimum Gasteiger partial charge on any atom is -0.508 e. The van der Waals surface area contributed by atoms with Crippen LogP contribution in [-0.2, 0) is 38.9 Å². The van der Waals surface area contributed by atoms with Gasteiger partial charge in [0.15, 0.2) is 5.78 Å². The second-order valence-corrected chi connectivity index (χ2v) is 17.1. The second-order valence-electron chi connectivity index (χ2n) is 17.1. The molecule has 4 N–H and O–H groups in total. The molecule has 8 heteroatoms. The van der Waals surface area contributed by atoms with Crippen LogP contribution in [0.4, 0.5) is 0 Å². The molecule has 324 valence electrons. The van der Waals surface area contributed by atoms with Crippen molar-refractivity contribution in [3.05, 3.63) is 125 Å². The van der Waals surface area contributed by atoms with Gasteiger partial charge in [-0.15, -0.1) is 0 Å². The fourth-order valence-electron chi connectivity index (χ4n) is 9.95. The molecule has 6 fully saturated rings. The predicted molar refractivity (Wildman–Crippen MR) is 233 cm³/mol. The SMILES string of the molecule is C1CCCC1.C1CCCC1.O=C(c1ccc(O)cc1)c1ccc(O)cc1.O=C1CCC2CCCC12.Oc1ccc(C(=C2CCC3CCCC23)c2ccc(O)cc2)cc1.[Fe].[Fe]. The molecule has 4 aromatic carbocycles. The third-order valence-corrected chi connectivity index (χ3v) is 13.1. The van der Waals surface area contributed by atoms with Gasteiger partial charge in [0.25, 0.3) is 0 Å². The van der Waals surface area contributed by atoms with E-state index >= 15 is 0 Å². The molecule has 0 aliphatic heterocycles. The number of rotatable bonds is 4. The van der Waals surface area contributed by atoms with E-state index in [1.807, 2.05) is 24.3 Å². The predicted octanol–water partition coefficient (Wildman–Crippen LogP) is 13.1. The molecule has 4 aromatic rings. The molecule has 4 atom stereocenters. The van der Waals surface area contributed by atoms with Gasteiger partial charge in [0.2, 0.25) is 0 Å². The Balaban J connectivity index is 0.000000185. The Morgan fingerprint density at radius 1 is 0.383 bits per heavy atom. The van der Waals surface area contributed by atoms with Gasteiger partial charge in [-0.05, 0) is 152 Å². The molecule has 60 heavy (non-hydrogen) atoms. The van der Waals surface area contributed by atoms with Gasteiger partial charge < -0.3 is 20.4 Å². The molecule has 0 radical (unpaired) electrons. The standard InChI is InChI=1S/C21H22O2.C13H10O3.C8H12O.2C5H10.2Fe/c22-17-9-4-15(5-10-17)21(16-6-11-18(23)12-7-16)20-13-8-14-2-1-3-19(14)20;14-11-5-1-9(2-6-11)13(16)10-3-7-12(15)8-4-10;9-8-5-4-6-2-1-3-7(6)8;2*1-2-4-5-3-1;;/h4-7,9-12,14,19,22-23H,1-3,8,13H2;1-8,14-15H;6-7H,1-5H2;2*1-5H2;;. The molecule has 0 saturated heterocycles. The molecule has 4 unspecified atom stereocenters. The van der Waals surface area contributed by atoms with Gasteiger partial charge in [0.1, 0.15) is 28.8 Å². The van der Waals surface area contributed by atoms with Gasteiger partial charge in [-0.1, -0.05) is 107 Å². The molecular formula is C52H64Fe2O6. The van der Waals surface area contributed by atoms with Gasteiger partial charge in [-0.3, -0.25) is 9.59 Å². The molecule has 0 aromatic heterocycles. The zero-order valence-electron chi connectivity index (χ0n) is 35.0. The Morgan fingerprint density at radius 2 is 0.700 bits per heavy atom. The molecule has 6 saturated carbocycles. The van der Waals surface area contributed by atoms with Crippen LogP contribution in [0.3, 0.4) is 0 Å². The summed E-state index contributed by atoms with van der Waals surface area (Å²) in [5.74, 6) is 4.15. The van der Waals surface area contributed by atoms with Gasteiger partial charge >= 0.3 is 0 Å². The van der Waals surface area contributed by atoms with Crippen LogP contribution in [0.15, 0.2) is 103 Å². The van der Waals surface area contributed by atoms with Crippen molar-refractivity contribution in [1.82, 2.24) is 0 Å². The summed E-state index contributed by atoms with van der Waals surface area (Å²) >= 11 is 0. The van der Waals surface area contributed by atoms with Crippen molar-refractivity contribution in [3.63, 3.8) is 0 Å². The molecule has 6 nitrogen and oxygen atoms in total. The first-order chi connectivity index (χ1) is 28.3. The minimum atomic E-state index is -0.139. The normalized spacial score (nSPS) is 21.7. The molecule has 0 spiro atoms.